The highest BCUT2D eigenvalue weighted by Crippen LogP contribution is 2.45. The second-order valence-corrected chi connectivity index (χ2v) is 15.8. The molecule has 1 aliphatic rings. The molecule has 0 aliphatic carbocycles. The van der Waals surface area contributed by atoms with Gasteiger partial charge in [0.05, 0.1) is 12.2 Å². The molecule has 0 saturated carbocycles. The van der Waals surface area contributed by atoms with Gasteiger partial charge in [-0.15, -0.1) is 0 Å². The van der Waals surface area contributed by atoms with Crippen LogP contribution in [-0.2, 0) is 22.5 Å². The van der Waals surface area contributed by atoms with E-state index in [1.807, 2.05) is 51.1 Å². The Kier molecular flexibility index (Phi) is 15.8. The third kappa shape index (κ3) is 13.0. The standard InChI is InChI=1S/C42H66O6/c1-30(2)16-13-17-31(3)18-14-19-32(4)20-15-24-42(9)25-23-37-35(7)38(33(5)34(6)39(37)48-42)47-40(43)46-29-41(8,44)26-27-45-28-36-21-11-10-12-22-36/h10-12,21-22,30-32,44H,13-20,23-29H2,1-9H3. The van der Waals surface area contributed by atoms with Gasteiger partial charge in [0, 0.05) is 18.6 Å². The number of carbonyl (C=O) groups is 1. The zero-order chi connectivity index (χ0) is 35.3. The maximum atomic E-state index is 12.8. The zero-order valence-corrected chi connectivity index (χ0v) is 31.7. The number of rotatable bonds is 20. The van der Waals surface area contributed by atoms with E-state index in [-0.39, 0.29) is 12.2 Å². The Morgan fingerprint density at radius 1 is 0.917 bits per heavy atom. The number of hydrogen-bond donors (Lipinski definition) is 1. The van der Waals surface area contributed by atoms with Gasteiger partial charge in [0.1, 0.15) is 23.7 Å². The van der Waals surface area contributed by atoms with E-state index in [9.17, 15) is 9.90 Å². The lowest BCUT2D eigenvalue weighted by molar-refractivity contribution is -0.0417. The van der Waals surface area contributed by atoms with Crippen molar-refractivity contribution >= 4 is 6.16 Å². The van der Waals surface area contributed by atoms with Crippen LogP contribution < -0.4 is 9.47 Å². The molecule has 270 valence electrons. The first-order valence-electron chi connectivity index (χ1n) is 18.7. The fourth-order valence-corrected chi connectivity index (χ4v) is 6.87. The molecule has 0 amide bonds. The summed E-state index contributed by atoms with van der Waals surface area (Å²) in [5.41, 5.74) is 3.55. The van der Waals surface area contributed by atoms with Crippen LogP contribution in [0.25, 0.3) is 0 Å². The lowest BCUT2D eigenvalue weighted by atomic mass is 9.83. The summed E-state index contributed by atoms with van der Waals surface area (Å²) in [6.07, 6.45) is 12.9. The van der Waals surface area contributed by atoms with Crippen molar-refractivity contribution in [1.29, 1.82) is 0 Å². The number of aliphatic hydroxyl groups is 1. The summed E-state index contributed by atoms with van der Waals surface area (Å²) in [6.45, 7) is 20.0. The molecule has 0 aromatic heterocycles. The van der Waals surface area contributed by atoms with Crippen molar-refractivity contribution in [3.8, 4) is 11.5 Å². The maximum absolute atomic E-state index is 12.8. The Morgan fingerprint density at radius 2 is 1.54 bits per heavy atom. The molecular formula is C42H66O6. The second-order valence-electron chi connectivity index (χ2n) is 15.8. The Labute approximate surface area is 292 Å². The van der Waals surface area contributed by atoms with Crippen molar-refractivity contribution in [3.05, 3.63) is 58.1 Å². The predicted molar refractivity (Wildman–Crippen MR) is 196 cm³/mol. The topological polar surface area (TPSA) is 74.2 Å². The molecule has 6 nitrogen and oxygen atoms in total. The molecule has 6 heteroatoms. The van der Waals surface area contributed by atoms with E-state index in [0.717, 1.165) is 70.6 Å². The minimum Gasteiger partial charge on any atom is -0.487 e. The molecule has 0 bridgehead atoms. The van der Waals surface area contributed by atoms with Crippen LogP contribution in [0.2, 0.25) is 0 Å². The van der Waals surface area contributed by atoms with Crippen LogP contribution in [0.1, 0.15) is 140 Å². The van der Waals surface area contributed by atoms with Crippen molar-refractivity contribution in [2.45, 2.75) is 157 Å². The average Bonchev–Trinajstić information content (AvgIpc) is 3.03. The van der Waals surface area contributed by atoms with E-state index >= 15 is 0 Å². The number of hydrogen-bond acceptors (Lipinski definition) is 6. The highest BCUT2D eigenvalue weighted by Gasteiger charge is 2.35. The van der Waals surface area contributed by atoms with Gasteiger partial charge in [0.15, 0.2) is 0 Å². The monoisotopic (exact) mass is 666 g/mol. The number of ether oxygens (including phenoxy) is 4. The van der Waals surface area contributed by atoms with Gasteiger partial charge in [0.25, 0.3) is 0 Å². The normalized spacial score (nSPS) is 18.5. The molecule has 0 radical (unpaired) electrons. The third-order valence-corrected chi connectivity index (χ3v) is 10.4. The molecule has 4 unspecified atom stereocenters. The Balaban J connectivity index is 1.45. The van der Waals surface area contributed by atoms with Crippen LogP contribution in [0.4, 0.5) is 4.79 Å². The van der Waals surface area contributed by atoms with Gasteiger partial charge < -0.3 is 24.1 Å². The summed E-state index contributed by atoms with van der Waals surface area (Å²) in [6, 6.07) is 9.88. The van der Waals surface area contributed by atoms with Crippen LogP contribution in [0, 0.1) is 38.5 Å². The summed E-state index contributed by atoms with van der Waals surface area (Å²) in [5.74, 6) is 3.87. The first-order chi connectivity index (χ1) is 22.7. The quantitative estimate of drug-likeness (QED) is 0.0861. The van der Waals surface area contributed by atoms with E-state index in [1.54, 1.807) is 6.92 Å². The molecule has 0 fully saturated rings. The molecule has 3 rings (SSSR count). The molecular weight excluding hydrogens is 600 g/mol. The zero-order valence-electron chi connectivity index (χ0n) is 31.7. The fourth-order valence-electron chi connectivity index (χ4n) is 6.87. The molecule has 1 aliphatic heterocycles. The Hall–Kier alpha value is -2.57. The van der Waals surface area contributed by atoms with Crippen molar-refractivity contribution in [3.63, 3.8) is 0 Å². The minimum atomic E-state index is -1.23. The largest absolute Gasteiger partial charge is 0.513 e. The molecule has 2 aromatic rings. The SMILES string of the molecule is Cc1c(C)c2c(c(C)c1OC(=O)OCC(C)(O)CCOCc1ccccc1)CCC(C)(CCCC(C)CCCC(C)CCCC(C)C)O2. The Morgan fingerprint density at radius 3 is 2.19 bits per heavy atom. The fraction of sp³-hybridized carbons (Fsp3) is 0.690. The molecule has 0 saturated heterocycles. The van der Waals surface area contributed by atoms with Gasteiger partial charge in [-0.3, -0.25) is 0 Å². The molecule has 1 N–H and O–H groups in total. The van der Waals surface area contributed by atoms with Crippen LogP contribution in [0.5, 0.6) is 11.5 Å². The molecule has 1 heterocycles. The van der Waals surface area contributed by atoms with Gasteiger partial charge >= 0.3 is 6.16 Å². The van der Waals surface area contributed by atoms with Crippen molar-refractivity contribution in [2.24, 2.45) is 17.8 Å². The summed E-state index contributed by atoms with van der Waals surface area (Å²) in [7, 11) is 0. The van der Waals surface area contributed by atoms with Crippen LogP contribution in [-0.4, -0.2) is 35.7 Å². The van der Waals surface area contributed by atoms with Gasteiger partial charge in [-0.1, -0.05) is 103 Å². The second kappa shape index (κ2) is 19.0. The van der Waals surface area contributed by atoms with Crippen molar-refractivity contribution in [1.82, 2.24) is 0 Å². The lowest BCUT2D eigenvalue weighted by Gasteiger charge is -2.38. The maximum Gasteiger partial charge on any atom is 0.513 e. The van der Waals surface area contributed by atoms with Gasteiger partial charge in [-0.2, -0.15) is 0 Å². The average molecular weight is 667 g/mol. The number of fused-ring (bicyclic) bond motifs is 1. The van der Waals surface area contributed by atoms with E-state index in [4.69, 9.17) is 18.9 Å². The van der Waals surface area contributed by atoms with Gasteiger partial charge in [0.2, 0.25) is 0 Å². The minimum absolute atomic E-state index is 0.180. The van der Waals surface area contributed by atoms with Crippen LogP contribution >= 0.6 is 0 Å². The van der Waals surface area contributed by atoms with E-state index in [2.05, 4.69) is 34.6 Å². The lowest BCUT2D eigenvalue weighted by Crippen LogP contribution is -2.37. The number of carbonyl (C=O) groups excluding carboxylic acids is 1. The summed E-state index contributed by atoms with van der Waals surface area (Å²) >= 11 is 0. The van der Waals surface area contributed by atoms with E-state index in [0.29, 0.717) is 25.4 Å². The van der Waals surface area contributed by atoms with Gasteiger partial charge in [-0.05, 0) is 100 Å². The summed E-state index contributed by atoms with van der Waals surface area (Å²) in [4.78, 5) is 12.8. The molecule has 4 atom stereocenters. The first-order valence-corrected chi connectivity index (χ1v) is 18.7. The van der Waals surface area contributed by atoms with Crippen molar-refractivity contribution in [2.75, 3.05) is 13.2 Å². The highest BCUT2D eigenvalue weighted by molar-refractivity contribution is 5.68. The predicted octanol–water partition coefficient (Wildman–Crippen LogP) is 11.0. The first kappa shape index (κ1) is 39.9. The van der Waals surface area contributed by atoms with Crippen LogP contribution in [0.15, 0.2) is 30.3 Å². The van der Waals surface area contributed by atoms with Crippen molar-refractivity contribution < 1.29 is 28.8 Å². The van der Waals surface area contributed by atoms with E-state index in [1.165, 1.54) is 51.4 Å². The molecule has 2 aromatic carbocycles. The summed E-state index contributed by atoms with van der Waals surface area (Å²) < 4.78 is 23.6. The molecule has 0 spiro atoms. The molecule has 48 heavy (non-hydrogen) atoms. The van der Waals surface area contributed by atoms with Gasteiger partial charge in [-0.25, -0.2) is 4.79 Å². The van der Waals surface area contributed by atoms with E-state index < -0.39 is 11.8 Å². The highest BCUT2D eigenvalue weighted by atomic mass is 16.7. The third-order valence-electron chi connectivity index (χ3n) is 10.4. The summed E-state index contributed by atoms with van der Waals surface area (Å²) in [5, 5.41) is 10.7. The number of benzene rings is 2. The Bertz CT molecular complexity index is 1270. The smallest absolute Gasteiger partial charge is 0.487 e. The van der Waals surface area contributed by atoms with Crippen LogP contribution in [0.3, 0.4) is 0 Å².